The standard InChI is InChI=1S/C16H19NO2/c1-16(2)8-11(16)15(18)10-9-17(3)12-6-5-7-13(19-4)14(10)12/h5-7,9,11H,8H2,1-4H3. The molecule has 1 unspecified atom stereocenters. The molecule has 0 radical (unpaired) electrons. The van der Waals surface area contributed by atoms with E-state index in [1.165, 1.54) is 0 Å². The van der Waals surface area contributed by atoms with Gasteiger partial charge in [0.15, 0.2) is 5.78 Å². The van der Waals surface area contributed by atoms with E-state index in [9.17, 15) is 4.79 Å². The van der Waals surface area contributed by atoms with E-state index in [0.29, 0.717) is 0 Å². The molecule has 0 saturated heterocycles. The first-order chi connectivity index (χ1) is 8.95. The number of ketones is 1. The molecule has 1 aliphatic rings. The highest BCUT2D eigenvalue weighted by atomic mass is 16.5. The topological polar surface area (TPSA) is 31.2 Å². The lowest BCUT2D eigenvalue weighted by atomic mass is 10.0. The van der Waals surface area contributed by atoms with Gasteiger partial charge in [0.05, 0.1) is 18.0 Å². The minimum Gasteiger partial charge on any atom is -0.496 e. The highest BCUT2D eigenvalue weighted by Crippen LogP contribution is 2.53. The fourth-order valence-electron chi connectivity index (χ4n) is 2.87. The number of carbonyl (C=O) groups excluding carboxylic acids is 1. The molecule has 0 bridgehead atoms. The predicted octanol–water partition coefficient (Wildman–Crippen LogP) is 3.42. The third-order valence-electron chi connectivity index (χ3n) is 4.29. The van der Waals surface area contributed by atoms with Crippen LogP contribution in [0.3, 0.4) is 0 Å². The maximum absolute atomic E-state index is 12.6. The molecule has 1 aliphatic carbocycles. The zero-order chi connectivity index (χ0) is 13.8. The number of carbonyl (C=O) groups is 1. The van der Waals surface area contributed by atoms with Gasteiger partial charge in [-0.2, -0.15) is 0 Å². The average molecular weight is 257 g/mol. The van der Waals surface area contributed by atoms with Gasteiger partial charge in [0.25, 0.3) is 0 Å². The summed E-state index contributed by atoms with van der Waals surface area (Å²) in [7, 11) is 3.62. The Hall–Kier alpha value is -1.77. The van der Waals surface area contributed by atoms with Gasteiger partial charge in [0.2, 0.25) is 0 Å². The Labute approximate surface area is 113 Å². The third kappa shape index (κ3) is 1.76. The maximum Gasteiger partial charge on any atom is 0.168 e. The number of hydrogen-bond acceptors (Lipinski definition) is 2. The van der Waals surface area contributed by atoms with Crippen molar-refractivity contribution in [2.75, 3.05) is 7.11 Å². The van der Waals surface area contributed by atoms with Crippen LogP contribution < -0.4 is 4.74 Å². The number of nitrogens with zero attached hydrogens (tertiary/aromatic N) is 1. The SMILES string of the molecule is COc1cccc2c1c(C(=O)C1CC1(C)C)cn2C. The van der Waals surface area contributed by atoms with E-state index < -0.39 is 0 Å². The Bertz CT molecular complexity index is 667. The zero-order valence-corrected chi connectivity index (χ0v) is 11.9. The number of Topliss-reactive ketones (excluding diaryl/α,β-unsaturated/α-hetero) is 1. The number of benzene rings is 1. The molecule has 1 heterocycles. The molecule has 2 aromatic rings. The van der Waals surface area contributed by atoms with Gasteiger partial charge in [-0.25, -0.2) is 0 Å². The first kappa shape index (κ1) is 12.3. The highest BCUT2D eigenvalue weighted by molar-refractivity contribution is 6.12. The van der Waals surface area contributed by atoms with Gasteiger partial charge in [-0.1, -0.05) is 19.9 Å². The molecule has 1 atom stereocenters. The molecule has 0 aliphatic heterocycles. The second-order valence-electron chi connectivity index (χ2n) is 6.12. The van der Waals surface area contributed by atoms with Crippen LogP contribution in [0.15, 0.2) is 24.4 Å². The molecule has 19 heavy (non-hydrogen) atoms. The Kier molecular flexibility index (Phi) is 2.49. The fraction of sp³-hybridized carbons (Fsp3) is 0.438. The fourth-order valence-corrected chi connectivity index (χ4v) is 2.87. The number of aryl methyl sites for hydroxylation is 1. The smallest absolute Gasteiger partial charge is 0.168 e. The van der Waals surface area contributed by atoms with Gasteiger partial charge in [0.1, 0.15) is 5.75 Å². The molecule has 1 fully saturated rings. The van der Waals surface area contributed by atoms with Crippen molar-refractivity contribution in [1.82, 2.24) is 4.57 Å². The molecule has 0 amide bonds. The molecule has 3 rings (SSSR count). The predicted molar refractivity (Wildman–Crippen MR) is 75.7 cm³/mol. The zero-order valence-electron chi connectivity index (χ0n) is 11.9. The Morgan fingerprint density at radius 2 is 2.11 bits per heavy atom. The van der Waals surface area contributed by atoms with Gasteiger partial charge in [0, 0.05) is 24.7 Å². The van der Waals surface area contributed by atoms with Crippen molar-refractivity contribution in [3.63, 3.8) is 0 Å². The molecular weight excluding hydrogens is 238 g/mol. The first-order valence-electron chi connectivity index (χ1n) is 6.62. The summed E-state index contributed by atoms with van der Waals surface area (Å²) in [6, 6.07) is 5.89. The summed E-state index contributed by atoms with van der Waals surface area (Å²) in [6.45, 7) is 4.30. The summed E-state index contributed by atoms with van der Waals surface area (Å²) in [4.78, 5) is 12.6. The van der Waals surface area contributed by atoms with Crippen LogP contribution in [0.1, 0.15) is 30.6 Å². The van der Waals surface area contributed by atoms with Crippen molar-refractivity contribution in [2.45, 2.75) is 20.3 Å². The second kappa shape index (κ2) is 3.86. The second-order valence-corrected chi connectivity index (χ2v) is 6.12. The van der Waals surface area contributed by atoms with E-state index >= 15 is 0 Å². The van der Waals surface area contributed by atoms with Crippen LogP contribution in [0.25, 0.3) is 10.9 Å². The quantitative estimate of drug-likeness (QED) is 0.789. The van der Waals surface area contributed by atoms with Crippen molar-refractivity contribution < 1.29 is 9.53 Å². The molecule has 3 nitrogen and oxygen atoms in total. The van der Waals surface area contributed by atoms with Gasteiger partial charge < -0.3 is 9.30 Å². The lowest BCUT2D eigenvalue weighted by Gasteiger charge is -2.05. The van der Waals surface area contributed by atoms with Crippen LogP contribution in [0.5, 0.6) is 5.75 Å². The maximum atomic E-state index is 12.6. The number of fused-ring (bicyclic) bond motifs is 1. The lowest BCUT2D eigenvalue weighted by molar-refractivity contribution is 0.0954. The van der Waals surface area contributed by atoms with Crippen LogP contribution in [-0.4, -0.2) is 17.5 Å². The Morgan fingerprint density at radius 3 is 2.68 bits per heavy atom. The van der Waals surface area contributed by atoms with Crippen molar-refractivity contribution in [3.05, 3.63) is 30.0 Å². The molecule has 0 spiro atoms. The monoisotopic (exact) mass is 257 g/mol. The van der Waals surface area contributed by atoms with Crippen LogP contribution in [0, 0.1) is 11.3 Å². The Balaban J connectivity index is 2.16. The first-order valence-corrected chi connectivity index (χ1v) is 6.62. The minimum absolute atomic E-state index is 0.154. The number of rotatable bonds is 3. The van der Waals surface area contributed by atoms with Crippen LogP contribution in [-0.2, 0) is 7.05 Å². The number of methoxy groups -OCH3 is 1. The molecule has 0 N–H and O–H groups in total. The number of ether oxygens (including phenoxy) is 1. The summed E-state index contributed by atoms with van der Waals surface area (Å²) < 4.78 is 7.42. The molecular formula is C16H19NO2. The molecule has 1 aromatic heterocycles. The van der Waals surface area contributed by atoms with Gasteiger partial charge in [-0.15, -0.1) is 0 Å². The summed E-state index contributed by atoms with van der Waals surface area (Å²) in [6.07, 6.45) is 2.92. The van der Waals surface area contributed by atoms with E-state index in [0.717, 1.165) is 28.6 Å². The summed E-state index contributed by atoms with van der Waals surface area (Å²) in [5.74, 6) is 1.18. The summed E-state index contributed by atoms with van der Waals surface area (Å²) >= 11 is 0. The van der Waals surface area contributed by atoms with E-state index in [1.54, 1.807) is 7.11 Å². The van der Waals surface area contributed by atoms with Gasteiger partial charge >= 0.3 is 0 Å². The summed E-state index contributed by atoms with van der Waals surface area (Å²) in [5, 5.41) is 0.945. The van der Waals surface area contributed by atoms with Crippen LogP contribution in [0.4, 0.5) is 0 Å². The van der Waals surface area contributed by atoms with E-state index in [1.807, 2.05) is 36.0 Å². The van der Waals surface area contributed by atoms with Gasteiger partial charge in [-0.05, 0) is 24.0 Å². The van der Waals surface area contributed by atoms with Crippen molar-refractivity contribution >= 4 is 16.7 Å². The van der Waals surface area contributed by atoms with E-state index in [-0.39, 0.29) is 17.1 Å². The van der Waals surface area contributed by atoms with Crippen molar-refractivity contribution in [3.8, 4) is 5.75 Å². The van der Waals surface area contributed by atoms with Gasteiger partial charge in [-0.3, -0.25) is 4.79 Å². The largest absolute Gasteiger partial charge is 0.496 e. The normalized spacial score (nSPS) is 20.5. The summed E-state index contributed by atoms with van der Waals surface area (Å²) in [5.41, 5.74) is 1.99. The molecule has 1 aromatic carbocycles. The number of aromatic nitrogens is 1. The van der Waals surface area contributed by atoms with E-state index in [4.69, 9.17) is 4.74 Å². The van der Waals surface area contributed by atoms with E-state index in [2.05, 4.69) is 13.8 Å². The van der Waals surface area contributed by atoms with Crippen molar-refractivity contribution in [2.24, 2.45) is 18.4 Å². The molecule has 3 heteroatoms. The van der Waals surface area contributed by atoms with Crippen molar-refractivity contribution in [1.29, 1.82) is 0 Å². The Morgan fingerprint density at radius 1 is 1.42 bits per heavy atom. The molecule has 1 saturated carbocycles. The third-order valence-corrected chi connectivity index (χ3v) is 4.29. The average Bonchev–Trinajstić information content (AvgIpc) is 2.88. The molecule has 100 valence electrons. The lowest BCUT2D eigenvalue weighted by Crippen LogP contribution is -2.06. The van der Waals surface area contributed by atoms with Crippen LogP contribution >= 0.6 is 0 Å². The number of hydrogen-bond donors (Lipinski definition) is 0. The highest BCUT2D eigenvalue weighted by Gasteiger charge is 2.51. The van der Waals surface area contributed by atoms with Crippen LogP contribution in [0.2, 0.25) is 0 Å². The minimum atomic E-state index is 0.154.